The molecule has 6 heteroatoms. The number of ether oxygens (including phenoxy) is 1. The predicted molar refractivity (Wildman–Crippen MR) is 92.4 cm³/mol. The van der Waals surface area contributed by atoms with Gasteiger partial charge in [-0.25, -0.2) is 4.98 Å². The van der Waals surface area contributed by atoms with Gasteiger partial charge in [0.25, 0.3) is 5.56 Å². The predicted octanol–water partition coefficient (Wildman–Crippen LogP) is 3.13. The molecule has 0 saturated carbocycles. The van der Waals surface area contributed by atoms with Crippen LogP contribution in [-0.4, -0.2) is 16.2 Å². The molecule has 0 bridgehead atoms. The fraction of sp³-hybridized carbons (Fsp3) is 0.211. The van der Waals surface area contributed by atoms with E-state index in [1.165, 1.54) is 10.8 Å². The second-order valence-corrected chi connectivity index (χ2v) is 5.52. The third-order valence-electron chi connectivity index (χ3n) is 3.78. The van der Waals surface area contributed by atoms with Crippen LogP contribution < -0.4 is 10.3 Å². The van der Waals surface area contributed by atoms with Crippen molar-refractivity contribution in [3.8, 4) is 23.3 Å². The van der Waals surface area contributed by atoms with Crippen LogP contribution in [0.1, 0.15) is 23.7 Å². The Morgan fingerprint density at radius 2 is 2.04 bits per heavy atom. The minimum atomic E-state index is -0.326. The third-order valence-corrected chi connectivity index (χ3v) is 3.78. The Bertz CT molecular complexity index is 978. The van der Waals surface area contributed by atoms with Crippen LogP contribution in [0.3, 0.4) is 0 Å². The highest BCUT2D eigenvalue weighted by molar-refractivity contribution is 5.54. The minimum absolute atomic E-state index is 0.151. The molecule has 3 aromatic rings. The quantitative estimate of drug-likeness (QED) is 0.715. The topological polar surface area (TPSA) is 81.0 Å². The summed E-state index contributed by atoms with van der Waals surface area (Å²) in [6.45, 7) is 4.52. The van der Waals surface area contributed by atoms with Crippen LogP contribution in [0.15, 0.2) is 52.0 Å². The molecule has 0 saturated heterocycles. The van der Waals surface area contributed by atoms with Gasteiger partial charge in [0.2, 0.25) is 5.89 Å². The molecule has 0 spiro atoms. The highest BCUT2D eigenvalue weighted by atomic mass is 16.5. The lowest BCUT2D eigenvalue weighted by atomic mass is 10.2. The van der Waals surface area contributed by atoms with Gasteiger partial charge >= 0.3 is 0 Å². The van der Waals surface area contributed by atoms with E-state index < -0.39 is 0 Å². The van der Waals surface area contributed by atoms with Gasteiger partial charge in [-0.05, 0) is 49.7 Å². The molecular weight excluding hydrogens is 318 g/mol. The second-order valence-electron chi connectivity index (χ2n) is 5.52. The maximum absolute atomic E-state index is 12.3. The van der Waals surface area contributed by atoms with Gasteiger partial charge in [0.15, 0.2) is 0 Å². The summed E-state index contributed by atoms with van der Waals surface area (Å²) in [5, 5.41) is 9.10. The Kier molecular flexibility index (Phi) is 4.66. The van der Waals surface area contributed by atoms with Gasteiger partial charge in [0.1, 0.15) is 23.6 Å². The van der Waals surface area contributed by atoms with Crippen molar-refractivity contribution < 1.29 is 9.15 Å². The van der Waals surface area contributed by atoms with E-state index in [-0.39, 0.29) is 17.7 Å². The van der Waals surface area contributed by atoms with Gasteiger partial charge in [-0.15, -0.1) is 0 Å². The fourth-order valence-electron chi connectivity index (χ4n) is 2.47. The summed E-state index contributed by atoms with van der Waals surface area (Å²) < 4.78 is 12.4. The van der Waals surface area contributed by atoms with Crippen molar-refractivity contribution in [2.75, 3.05) is 6.61 Å². The number of aromatic nitrogens is 2. The molecule has 0 N–H and O–H groups in total. The number of hydrogen-bond acceptors (Lipinski definition) is 5. The molecule has 0 atom stereocenters. The fourth-order valence-corrected chi connectivity index (χ4v) is 2.47. The lowest BCUT2D eigenvalue weighted by molar-refractivity contribution is 0.340. The number of aryl methyl sites for hydroxylation is 1. The van der Waals surface area contributed by atoms with E-state index in [0.29, 0.717) is 23.8 Å². The highest BCUT2D eigenvalue weighted by Gasteiger charge is 2.11. The maximum Gasteiger partial charge on any atom is 0.269 e. The van der Waals surface area contributed by atoms with Gasteiger partial charge in [-0.3, -0.25) is 4.79 Å². The van der Waals surface area contributed by atoms with Crippen LogP contribution in [0.25, 0.3) is 11.5 Å². The number of pyridine rings is 1. The first-order valence-corrected chi connectivity index (χ1v) is 7.90. The van der Waals surface area contributed by atoms with E-state index in [9.17, 15) is 4.79 Å². The monoisotopic (exact) mass is 335 g/mol. The van der Waals surface area contributed by atoms with Gasteiger partial charge in [-0.2, -0.15) is 5.26 Å². The molecule has 0 radical (unpaired) electrons. The summed E-state index contributed by atoms with van der Waals surface area (Å²) in [6, 6.07) is 11.1. The molecule has 126 valence electrons. The first kappa shape index (κ1) is 16.5. The van der Waals surface area contributed by atoms with Crippen LogP contribution in [0.2, 0.25) is 0 Å². The van der Waals surface area contributed by atoms with Crippen molar-refractivity contribution in [3.63, 3.8) is 0 Å². The molecule has 6 nitrogen and oxygen atoms in total. The van der Waals surface area contributed by atoms with Crippen LogP contribution in [0.5, 0.6) is 5.75 Å². The Balaban J connectivity index is 1.83. The van der Waals surface area contributed by atoms with Crippen molar-refractivity contribution in [2.45, 2.75) is 20.4 Å². The van der Waals surface area contributed by atoms with Crippen LogP contribution >= 0.6 is 0 Å². The molecule has 2 heterocycles. The molecule has 0 amide bonds. The molecule has 1 aromatic carbocycles. The standard InChI is InChI=1S/C19H17N3O3/c1-3-24-16-6-4-14(5-7-16)18-21-15(12-25-18)11-22-9-8-13(2)17(10-20)19(22)23/h4-9,12H,3,11H2,1-2H3. The number of hydrogen-bond donors (Lipinski definition) is 0. The Morgan fingerprint density at radius 3 is 2.72 bits per heavy atom. The van der Waals surface area contributed by atoms with Gasteiger partial charge in [0, 0.05) is 11.8 Å². The molecule has 0 fully saturated rings. The molecule has 25 heavy (non-hydrogen) atoms. The van der Waals surface area contributed by atoms with E-state index >= 15 is 0 Å². The molecule has 0 unspecified atom stereocenters. The molecule has 0 aliphatic carbocycles. The summed E-state index contributed by atoms with van der Waals surface area (Å²) in [5.41, 5.74) is 1.92. The number of nitriles is 1. The molecule has 2 aromatic heterocycles. The molecular formula is C19H17N3O3. The number of rotatable bonds is 5. The van der Waals surface area contributed by atoms with E-state index in [4.69, 9.17) is 14.4 Å². The van der Waals surface area contributed by atoms with Crippen LogP contribution in [0.4, 0.5) is 0 Å². The van der Waals surface area contributed by atoms with E-state index in [1.807, 2.05) is 37.3 Å². The maximum atomic E-state index is 12.3. The summed E-state index contributed by atoms with van der Waals surface area (Å²) in [4.78, 5) is 16.7. The average Bonchev–Trinajstić information content (AvgIpc) is 3.07. The first-order chi connectivity index (χ1) is 12.1. The summed E-state index contributed by atoms with van der Waals surface area (Å²) in [7, 11) is 0. The third kappa shape index (κ3) is 3.45. The van der Waals surface area contributed by atoms with Crippen molar-refractivity contribution in [2.24, 2.45) is 0 Å². The van der Waals surface area contributed by atoms with E-state index in [0.717, 1.165) is 11.3 Å². The lowest BCUT2D eigenvalue weighted by Crippen LogP contribution is -2.23. The van der Waals surface area contributed by atoms with Crippen LogP contribution in [0, 0.1) is 18.3 Å². The van der Waals surface area contributed by atoms with Crippen molar-refractivity contribution in [3.05, 3.63) is 70.0 Å². The Hall–Kier alpha value is -3.33. The minimum Gasteiger partial charge on any atom is -0.494 e. The Labute approximate surface area is 144 Å². The average molecular weight is 335 g/mol. The number of benzene rings is 1. The zero-order chi connectivity index (χ0) is 17.8. The van der Waals surface area contributed by atoms with E-state index in [1.54, 1.807) is 19.2 Å². The van der Waals surface area contributed by atoms with E-state index in [2.05, 4.69) is 4.98 Å². The zero-order valence-electron chi connectivity index (χ0n) is 14.0. The molecule has 0 aliphatic heterocycles. The largest absolute Gasteiger partial charge is 0.494 e. The second kappa shape index (κ2) is 7.05. The van der Waals surface area contributed by atoms with Crippen molar-refractivity contribution in [1.29, 1.82) is 5.26 Å². The van der Waals surface area contributed by atoms with Crippen molar-refractivity contribution >= 4 is 0 Å². The number of nitrogens with zero attached hydrogens (tertiary/aromatic N) is 3. The summed E-state index contributed by atoms with van der Waals surface area (Å²) in [5.74, 6) is 1.26. The van der Waals surface area contributed by atoms with Gasteiger partial charge in [-0.1, -0.05) is 0 Å². The Morgan fingerprint density at radius 1 is 1.28 bits per heavy atom. The summed E-state index contributed by atoms with van der Waals surface area (Å²) >= 11 is 0. The molecule has 3 rings (SSSR count). The number of oxazole rings is 1. The zero-order valence-corrected chi connectivity index (χ0v) is 14.0. The summed E-state index contributed by atoms with van der Waals surface area (Å²) in [6.07, 6.45) is 3.17. The molecule has 0 aliphatic rings. The SMILES string of the molecule is CCOc1ccc(-c2nc(Cn3ccc(C)c(C#N)c3=O)co2)cc1. The van der Waals surface area contributed by atoms with Gasteiger partial charge < -0.3 is 13.7 Å². The van der Waals surface area contributed by atoms with Gasteiger partial charge in [0.05, 0.1) is 18.8 Å². The lowest BCUT2D eigenvalue weighted by Gasteiger charge is -2.04. The van der Waals surface area contributed by atoms with Crippen molar-refractivity contribution in [1.82, 2.24) is 9.55 Å². The van der Waals surface area contributed by atoms with Crippen LogP contribution in [-0.2, 0) is 6.54 Å². The normalized spacial score (nSPS) is 10.4. The highest BCUT2D eigenvalue weighted by Crippen LogP contribution is 2.22. The first-order valence-electron chi connectivity index (χ1n) is 7.90. The smallest absolute Gasteiger partial charge is 0.269 e.